The molecule has 2 heteroatoms. The van der Waals surface area contributed by atoms with Gasteiger partial charge in [-0.1, -0.05) is 19.1 Å². The Morgan fingerprint density at radius 2 is 1.70 bits per heavy atom. The number of halogens is 1. The lowest BCUT2D eigenvalue weighted by molar-refractivity contribution is 1.14. The quantitative estimate of drug-likeness (QED) is 0.622. The molecule has 0 radical (unpaired) electrons. The fraction of sp³-hybridized carbons (Fsp3) is 0.250. The molecule has 0 aliphatic heterocycles. The van der Waals surface area contributed by atoms with Gasteiger partial charge in [-0.25, -0.2) is 0 Å². The van der Waals surface area contributed by atoms with E-state index in [0.29, 0.717) is 0 Å². The summed E-state index contributed by atoms with van der Waals surface area (Å²) in [6.45, 7) is 2.13. The van der Waals surface area contributed by atoms with E-state index in [1.165, 1.54) is 5.56 Å². The molecule has 0 aromatic heterocycles. The van der Waals surface area contributed by atoms with Crippen LogP contribution in [-0.2, 0) is 6.42 Å². The van der Waals surface area contributed by atoms with E-state index in [0.717, 1.165) is 12.1 Å². The summed E-state index contributed by atoms with van der Waals surface area (Å²) in [6, 6.07) is 7.96. The summed E-state index contributed by atoms with van der Waals surface area (Å²) in [5, 5.41) is 0. The summed E-state index contributed by atoms with van der Waals surface area (Å²) in [7, 11) is 0. The number of rotatable bonds is 1. The topological polar surface area (TPSA) is 26.0 Å². The van der Waals surface area contributed by atoms with Gasteiger partial charge >= 0.3 is 0 Å². The van der Waals surface area contributed by atoms with Gasteiger partial charge in [0, 0.05) is 5.69 Å². The van der Waals surface area contributed by atoms with Crippen molar-refractivity contribution in [2.75, 3.05) is 5.73 Å². The Kier molecular flexibility index (Phi) is 3.89. The predicted octanol–water partition coefficient (Wildman–Crippen LogP) is 2.25. The minimum absolute atomic E-state index is 0. The molecule has 0 spiro atoms. The Balaban J connectivity index is 0.000000810. The van der Waals surface area contributed by atoms with Gasteiger partial charge in [-0.3, -0.25) is 0 Å². The molecule has 1 aromatic carbocycles. The van der Waals surface area contributed by atoms with Gasteiger partial charge in [0.1, 0.15) is 0 Å². The van der Waals surface area contributed by atoms with E-state index < -0.39 is 0 Å². The summed E-state index contributed by atoms with van der Waals surface area (Å²) in [6.07, 6.45) is 1.08. The van der Waals surface area contributed by atoms with Gasteiger partial charge < -0.3 is 5.73 Å². The maximum absolute atomic E-state index is 5.48. The van der Waals surface area contributed by atoms with E-state index in [9.17, 15) is 0 Å². The highest BCUT2D eigenvalue weighted by Crippen LogP contribution is 2.04. The second-order valence-corrected chi connectivity index (χ2v) is 2.10. The van der Waals surface area contributed by atoms with Crippen molar-refractivity contribution in [2.24, 2.45) is 0 Å². The normalized spacial score (nSPS) is 8.50. The Labute approximate surface area is 67.7 Å². The van der Waals surface area contributed by atoms with Crippen molar-refractivity contribution in [3.8, 4) is 0 Å². The van der Waals surface area contributed by atoms with Gasteiger partial charge in [-0.2, -0.15) is 0 Å². The first-order valence-corrected chi connectivity index (χ1v) is 3.17. The third kappa shape index (κ3) is 2.28. The highest BCUT2D eigenvalue weighted by molar-refractivity contribution is 5.85. The first-order chi connectivity index (χ1) is 4.33. The lowest BCUT2D eigenvalue weighted by Crippen LogP contribution is -1.84. The molecule has 1 rings (SSSR count). The van der Waals surface area contributed by atoms with Crippen molar-refractivity contribution >= 4 is 18.1 Å². The van der Waals surface area contributed by atoms with Crippen LogP contribution >= 0.6 is 12.4 Å². The third-order valence-corrected chi connectivity index (χ3v) is 1.39. The Hall–Kier alpha value is -0.690. The molecular weight excluding hydrogens is 146 g/mol. The Morgan fingerprint density at radius 1 is 1.20 bits per heavy atom. The minimum atomic E-state index is 0. The highest BCUT2D eigenvalue weighted by Gasteiger charge is 1.85. The molecule has 2 N–H and O–H groups in total. The van der Waals surface area contributed by atoms with E-state index in [4.69, 9.17) is 5.73 Å². The maximum Gasteiger partial charge on any atom is 0.0314 e. The van der Waals surface area contributed by atoms with Crippen LogP contribution in [0.25, 0.3) is 0 Å². The molecule has 1 nitrogen and oxygen atoms in total. The summed E-state index contributed by atoms with van der Waals surface area (Å²) in [4.78, 5) is 0. The van der Waals surface area contributed by atoms with Crippen molar-refractivity contribution in [2.45, 2.75) is 13.3 Å². The lowest BCUT2D eigenvalue weighted by atomic mass is 10.2. The second-order valence-electron chi connectivity index (χ2n) is 2.10. The summed E-state index contributed by atoms with van der Waals surface area (Å²) >= 11 is 0. The SMILES string of the molecule is CCc1ccc(N)cc1.Cl. The average molecular weight is 158 g/mol. The minimum Gasteiger partial charge on any atom is -0.399 e. The van der Waals surface area contributed by atoms with E-state index >= 15 is 0 Å². The molecule has 0 aliphatic carbocycles. The molecule has 0 atom stereocenters. The summed E-state index contributed by atoms with van der Waals surface area (Å²) in [5.41, 5.74) is 7.66. The van der Waals surface area contributed by atoms with Crippen LogP contribution in [0, 0.1) is 0 Å². The Morgan fingerprint density at radius 3 is 2.10 bits per heavy atom. The van der Waals surface area contributed by atoms with Crippen LogP contribution < -0.4 is 5.73 Å². The summed E-state index contributed by atoms with van der Waals surface area (Å²) in [5.74, 6) is 0. The van der Waals surface area contributed by atoms with Crippen molar-refractivity contribution in [1.29, 1.82) is 0 Å². The zero-order chi connectivity index (χ0) is 6.69. The van der Waals surface area contributed by atoms with E-state index in [1.807, 2.05) is 12.1 Å². The standard InChI is InChI=1S/C8H11N.ClH/c1-2-7-3-5-8(9)6-4-7;/h3-6H,2,9H2,1H3;1H. The molecule has 0 saturated carbocycles. The molecule has 0 bridgehead atoms. The maximum atomic E-state index is 5.48. The molecule has 0 saturated heterocycles. The predicted molar refractivity (Wildman–Crippen MR) is 47.5 cm³/mol. The van der Waals surface area contributed by atoms with Gasteiger partial charge in [0.15, 0.2) is 0 Å². The van der Waals surface area contributed by atoms with Crippen LogP contribution in [0.2, 0.25) is 0 Å². The number of nitrogen functional groups attached to an aromatic ring is 1. The highest BCUT2D eigenvalue weighted by atomic mass is 35.5. The first kappa shape index (κ1) is 9.31. The summed E-state index contributed by atoms with van der Waals surface area (Å²) < 4.78 is 0. The number of anilines is 1. The first-order valence-electron chi connectivity index (χ1n) is 3.17. The van der Waals surface area contributed by atoms with E-state index in [-0.39, 0.29) is 12.4 Å². The fourth-order valence-corrected chi connectivity index (χ4v) is 0.753. The van der Waals surface area contributed by atoms with Crippen LogP contribution in [-0.4, -0.2) is 0 Å². The van der Waals surface area contributed by atoms with Gasteiger partial charge in [0.2, 0.25) is 0 Å². The number of nitrogens with two attached hydrogens (primary N) is 1. The molecule has 0 heterocycles. The Bertz CT molecular complexity index is 181. The van der Waals surface area contributed by atoms with Gasteiger partial charge in [-0.05, 0) is 24.1 Å². The van der Waals surface area contributed by atoms with Crippen molar-refractivity contribution in [3.63, 3.8) is 0 Å². The largest absolute Gasteiger partial charge is 0.399 e. The number of hydrogen-bond acceptors (Lipinski definition) is 1. The monoisotopic (exact) mass is 157 g/mol. The number of hydrogen-bond donors (Lipinski definition) is 1. The van der Waals surface area contributed by atoms with Gasteiger partial charge in [0.05, 0.1) is 0 Å². The zero-order valence-electron chi connectivity index (χ0n) is 6.00. The van der Waals surface area contributed by atoms with Crippen LogP contribution in [0.1, 0.15) is 12.5 Å². The fourth-order valence-electron chi connectivity index (χ4n) is 0.753. The van der Waals surface area contributed by atoms with Crippen molar-refractivity contribution in [3.05, 3.63) is 29.8 Å². The molecular formula is C8H12ClN. The molecule has 10 heavy (non-hydrogen) atoms. The smallest absolute Gasteiger partial charge is 0.0314 e. The average Bonchev–Trinajstić information content (AvgIpc) is 1.90. The zero-order valence-corrected chi connectivity index (χ0v) is 6.82. The third-order valence-electron chi connectivity index (χ3n) is 1.39. The molecule has 56 valence electrons. The number of aryl methyl sites for hydroxylation is 1. The van der Waals surface area contributed by atoms with Crippen LogP contribution in [0.5, 0.6) is 0 Å². The molecule has 0 aliphatic rings. The molecule has 1 aromatic rings. The van der Waals surface area contributed by atoms with E-state index in [1.54, 1.807) is 0 Å². The van der Waals surface area contributed by atoms with Crippen molar-refractivity contribution < 1.29 is 0 Å². The van der Waals surface area contributed by atoms with Crippen molar-refractivity contribution in [1.82, 2.24) is 0 Å². The van der Waals surface area contributed by atoms with Gasteiger partial charge in [-0.15, -0.1) is 12.4 Å². The van der Waals surface area contributed by atoms with Gasteiger partial charge in [0.25, 0.3) is 0 Å². The van der Waals surface area contributed by atoms with Crippen LogP contribution in [0.4, 0.5) is 5.69 Å². The van der Waals surface area contributed by atoms with Crippen LogP contribution in [0.15, 0.2) is 24.3 Å². The lowest BCUT2D eigenvalue weighted by Gasteiger charge is -1.94. The molecule has 0 amide bonds. The molecule has 0 fully saturated rings. The number of benzene rings is 1. The molecule has 0 unspecified atom stereocenters. The van der Waals surface area contributed by atoms with E-state index in [2.05, 4.69) is 19.1 Å². The van der Waals surface area contributed by atoms with Crippen LogP contribution in [0.3, 0.4) is 0 Å². The second kappa shape index (κ2) is 4.18.